The first-order chi connectivity index (χ1) is 14.5. The van der Waals surface area contributed by atoms with Gasteiger partial charge >= 0.3 is 0 Å². The maximum atomic E-state index is 13.3. The Labute approximate surface area is 170 Å². The smallest absolute Gasteiger partial charge is 0.255 e. The molecule has 0 unspecified atom stereocenters. The average Bonchev–Trinajstić information content (AvgIpc) is 3.26. The first-order valence-corrected chi connectivity index (χ1v) is 8.88. The summed E-state index contributed by atoms with van der Waals surface area (Å²) in [4.78, 5) is 20.8. The molecular weight excluding hydrogens is 392 g/mol. The summed E-state index contributed by atoms with van der Waals surface area (Å²) in [5, 5.41) is 6.75. The highest BCUT2D eigenvalue weighted by atomic mass is 19.2. The van der Waals surface area contributed by atoms with E-state index in [0.717, 1.165) is 12.1 Å². The van der Waals surface area contributed by atoms with Crippen LogP contribution in [0.4, 0.5) is 14.5 Å². The minimum atomic E-state index is -1.08. The van der Waals surface area contributed by atoms with Gasteiger partial charge in [-0.2, -0.15) is 10.1 Å². The van der Waals surface area contributed by atoms with E-state index >= 15 is 0 Å². The molecule has 4 aromatic rings. The Hall–Kier alpha value is -4.14. The van der Waals surface area contributed by atoms with E-state index in [2.05, 4.69) is 20.4 Å². The molecule has 0 saturated heterocycles. The van der Waals surface area contributed by atoms with Crippen LogP contribution in [0.5, 0.6) is 11.6 Å². The van der Waals surface area contributed by atoms with Gasteiger partial charge in [0.05, 0.1) is 0 Å². The van der Waals surface area contributed by atoms with E-state index in [4.69, 9.17) is 4.74 Å². The van der Waals surface area contributed by atoms with Crippen LogP contribution in [-0.4, -0.2) is 25.7 Å². The summed E-state index contributed by atoms with van der Waals surface area (Å²) in [5.74, 6) is -0.731. The first kappa shape index (κ1) is 19.2. The van der Waals surface area contributed by atoms with Gasteiger partial charge in [-0.05, 0) is 55.5 Å². The second-order valence-electron chi connectivity index (χ2n) is 6.27. The summed E-state index contributed by atoms with van der Waals surface area (Å²) in [5.41, 5.74) is 0.477. The van der Waals surface area contributed by atoms with Crippen molar-refractivity contribution in [1.82, 2.24) is 19.7 Å². The zero-order valence-electron chi connectivity index (χ0n) is 15.7. The van der Waals surface area contributed by atoms with Crippen molar-refractivity contribution in [3.63, 3.8) is 0 Å². The maximum absolute atomic E-state index is 13.3. The van der Waals surface area contributed by atoms with E-state index in [0.29, 0.717) is 29.0 Å². The lowest BCUT2D eigenvalue weighted by atomic mass is 10.2. The van der Waals surface area contributed by atoms with Crippen LogP contribution in [0.15, 0.2) is 67.0 Å². The number of nitrogens with zero attached hydrogens (tertiary/aromatic N) is 4. The predicted molar refractivity (Wildman–Crippen MR) is 105 cm³/mol. The number of hydrogen-bond acceptors (Lipinski definition) is 5. The van der Waals surface area contributed by atoms with Gasteiger partial charge in [0.1, 0.15) is 11.6 Å². The third-order valence-corrected chi connectivity index (χ3v) is 4.06. The molecule has 9 heteroatoms. The number of hydrogen-bond donors (Lipinski definition) is 1. The molecule has 0 spiro atoms. The zero-order valence-corrected chi connectivity index (χ0v) is 15.7. The number of amides is 1. The number of carbonyl (C=O) groups is 1. The quantitative estimate of drug-likeness (QED) is 0.534. The second kappa shape index (κ2) is 8.08. The number of benzene rings is 2. The maximum Gasteiger partial charge on any atom is 0.255 e. The van der Waals surface area contributed by atoms with Crippen molar-refractivity contribution in [2.24, 2.45) is 0 Å². The number of carbonyl (C=O) groups excluding carboxylic acids is 1. The minimum Gasteiger partial charge on any atom is -0.439 e. The number of ether oxygens (including phenoxy) is 1. The Balaban J connectivity index is 1.46. The molecule has 0 saturated carbocycles. The van der Waals surface area contributed by atoms with Crippen LogP contribution >= 0.6 is 0 Å². The summed E-state index contributed by atoms with van der Waals surface area (Å²) >= 11 is 0. The van der Waals surface area contributed by atoms with Gasteiger partial charge < -0.3 is 10.1 Å². The lowest BCUT2D eigenvalue weighted by Gasteiger charge is -2.09. The topological polar surface area (TPSA) is 81.9 Å². The lowest BCUT2D eigenvalue weighted by molar-refractivity contribution is 0.102. The molecule has 2 aromatic carbocycles. The lowest BCUT2D eigenvalue weighted by Crippen LogP contribution is -2.12. The Morgan fingerprint density at radius 3 is 2.53 bits per heavy atom. The summed E-state index contributed by atoms with van der Waals surface area (Å²) in [7, 11) is 0. The summed E-state index contributed by atoms with van der Waals surface area (Å²) < 4.78 is 33.7. The molecule has 1 N–H and O–H groups in total. The van der Waals surface area contributed by atoms with Crippen LogP contribution in [0.1, 0.15) is 16.2 Å². The highest BCUT2D eigenvalue weighted by Crippen LogP contribution is 2.23. The molecule has 30 heavy (non-hydrogen) atoms. The molecule has 1 amide bonds. The van der Waals surface area contributed by atoms with Gasteiger partial charge in [0.25, 0.3) is 5.91 Å². The standard InChI is InChI=1S/C21H15F2N5O2/c1-13-25-19(28-10-2-9-24-28)12-20(26-13)30-16-6-4-15(5-7-16)27-21(29)14-3-8-17(22)18(23)11-14/h2-12H,1H3,(H,27,29). The Kier molecular flexibility index (Phi) is 5.17. The van der Waals surface area contributed by atoms with Crippen LogP contribution in [0.2, 0.25) is 0 Å². The summed E-state index contributed by atoms with van der Waals surface area (Å²) in [6.07, 6.45) is 3.40. The van der Waals surface area contributed by atoms with Gasteiger partial charge in [0.15, 0.2) is 17.5 Å². The molecule has 0 radical (unpaired) electrons. The number of aromatic nitrogens is 4. The fraction of sp³-hybridized carbons (Fsp3) is 0.0476. The molecule has 7 nitrogen and oxygen atoms in total. The predicted octanol–water partition coefficient (Wildman–Crippen LogP) is 4.29. The van der Waals surface area contributed by atoms with E-state index in [1.807, 2.05) is 0 Å². The van der Waals surface area contributed by atoms with Crippen molar-refractivity contribution in [2.75, 3.05) is 5.32 Å². The van der Waals surface area contributed by atoms with Crippen molar-refractivity contribution in [1.29, 1.82) is 0 Å². The van der Waals surface area contributed by atoms with Crippen molar-refractivity contribution in [3.05, 3.63) is 90.0 Å². The molecule has 0 bridgehead atoms. The largest absolute Gasteiger partial charge is 0.439 e. The van der Waals surface area contributed by atoms with E-state index in [1.54, 1.807) is 60.4 Å². The number of halogens is 2. The first-order valence-electron chi connectivity index (χ1n) is 8.88. The van der Waals surface area contributed by atoms with Crippen molar-refractivity contribution < 1.29 is 18.3 Å². The molecular formula is C21H15F2N5O2. The molecule has 0 fully saturated rings. The van der Waals surface area contributed by atoms with Crippen LogP contribution in [0.3, 0.4) is 0 Å². The molecule has 0 aliphatic carbocycles. The summed E-state index contributed by atoms with van der Waals surface area (Å²) in [6.45, 7) is 1.75. The van der Waals surface area contributed by atoms with Gasteiger partial charge in [-0.25, -0.2) is 18.4 Å². The Morgan fingerprint density at radius 2 is 1.83 bits per heavy atom. The minimum absolute atomic E-state index is 0.0110. The van der Waals surface area contributed by atoms with Crippen LogP contribution in [0.25, 0.3) is 5.82 Å². The molecule has 2 aromatic heterocycles. The molecule has 0 aliphatic rings. The number of anilines is 1. The van der Waals surface area contributed by atoms with Gasteiger partial charge in [0.2, 0.25) is 5.88 Å². The van der Waals surface area contributed by atoms with E-state index in [9.17, 15) is 13.6 Å². The third kappa shape index (κ3) is 4.30. The molecule has 0 aliphatic heterocycles. The zero-order chi connectivity index (χ0) is 21.1. The monoisotopic (exact) mass is 407 g/mol. The van der Waals surface area contributed by atoms with Crippen molar-refractivity contribution in [2.45, 2.75) is 6.92 Å². The molecule has 2 heterocycles. The molecule has 150 valence electrons. The van der Waals surface area contributed by atoms with Crippen molar-refractivity contribution in [3.8, 4) is 17.4 Å². The highest BCUT2D eigenvalue weighted by Gasteiger charge is 2.11. The Morgan fingerprint density at radius 1 is 1.03 bits per heavy atom. The third-order valence-electron chi connectivity index (χ3n) is 4.06. The second-order valence-corrected chi connectivity index (χ2v) is 6.27. The highest BCUT2D eigenvalue weighted by molar-refractivity contribution is 6.04. The van der Waals surface area contributed by atoms with Crippen LogP contribution in [-0.2, 0) is 0 Å². The fourth-order valence-corrected chi connectivity index (χ4v) is 2.67. The van der Waals surface area contributed by atoms with Crippen LogP contribution in [0, 0.1) is 18.6 Å². The van der Waals surface area contributed by atoms with Gasteiger partial charge in [0, 0.05) is 29.7 Å². The van der Waals surface area contributed by atoms with Gasteiger partial charge in [-0.1, -0.05) is 0 Å². The average molecular weight is 407 g/mol. The van der Waals surface area contributed by atoms with Gasteiger partial charge in [-0.3, -0.25) is 4.79 Å². The SMILES string of the molecule is Cc1nc(Oc2ccc(NC(=O)c3ccc(F)c(F)c3)cc2)cc(-n2cccn2)n1. The molecule has 0 atom stereocenters. The number of rotatable bonds is 5. The molecule has 4 rings (SSSR count). The number of nitrogens with one attached hydrogen (secondary N) is 1. The number of aryl methyl sites for hydroxylation is 1. The van der Waals surface area contributed by atoms with E-state index in [1.165, 1.54) is 6.07 Å². The normalized spacial score (nSPS) is 10.6. The van der Waals surface area contributed by atoms with E-state index in [-0.39, 0.29) is 5.56 Å². The van der Waals surface area contributed by atoms with Crippen molar-refractivity contribution >= 4 is 11.6 Å². The Bertz CT molecular complexity index is 1190. The summed E-state index contributed by atoms with van der Waals surface area (Å²) in [6, 6.07) is 12.9. The van der Waals surface area contributed by atoms with E-state index < -0.39 is 17.5 Å². The fourth-order valence-electron chi connectivity index (χ4n) is 2.67. The van der Waals surface area contributed by atoms with Gasteiger partial charge in [-0.15, -0.1) is 0 Å². The van der Waals surface area contributed by atoms with Crippen LogP contribution < -0.4 is 10.1 Å².